The molecule has 1 unspecified atom stereocenters. The van der Waals surface area contributed by atoms with Gasteiger partial charge in [-0.25, -0.2) is 4.79 Å². The third-order valence-corrected chi connectivity index (χ3v) is 3.93. The van der Waals surface area contributed by atoms with E-state index in [1.807, 2.05) is 6.92 Å². The van der Waals surface area contributed by atoms with E-state index in [1.165, 1.54) is 11.1 Å². The number of carbonyl (C=O) groups is 1. The Bertz CT molecular complexity index is 496. The lowest BCUT2D eigenvalue weighted by atomic mass is 9.90. The summed E-state index contributed by atoms with van der Waals surface area (Å²) < 4.78 is 5.36. The van der Waals surface area contributed by atoms with Gasteiger partial charge in [0, 0.05) is 0 Å². The van der Waals surface area contributed by atoms with Crippen LogP contribution in [0.15, 0.2) is 18.2 Å². The van der Waals surface area contributed by atoms with Crippen LogP contribution in [0.3, 0.4) is 0 Å². The number of carbonyl (C=O) groups excluding carboxylic acids is 1. The lowest BCUT2D eigenvalue weighted by Crippen LogP contribution is -2.49. The van der Waals surface area contributed by atoms with Gasteiger partial charge in [-0.3, -0.25) is 5.32 Å². The zero-order chi connectivity index (χ0) is 14.8. The van der Waals surface area contributed by atoms with Gasteiger partial charge in [0.05, 0.1) is 6.61 Å². The smallest absolute Gasteiger partial charge is 0.331 e. The van der Waals surface area contributed by atoms with E-state index < -0.39 is 5.54 Å². The van der Waals surface area contributed by atoms with Crippen LogP contribution in [0.5, 0.6) is 0 Å². The number of ether oxygens (including phenoxy) is 1. The Balaban J connectivity index is 2.39. The average molecular weight is 275 g/mol. The van der Waals surface area contributed by atoms with Crippen molar-refractivity contribution in [3.63, 3.8) is 0 Å². The van der Waals surface area contributed by atoms with Crippen molar-refractivity contribution in [2.45, 2.75) is 46.1 Å². The fourth-order valence-electron chi connectivity index (χ4n) is 2.86. The van der Waals surface area contributed by atoms with Crippen LogP contribution in [0.25, 0.3) is 0 Å². The Morgan fingerprint density at radius 2 is 2.20 bits per heavy atom. The predicted octanol–water partition coefficient (Wildman–Crippen LogP) is 2.95. The molecule has 3 nitrogen and oxygen atoms in total. The molecular formula is C17H25NO2. The monoisotopic (exact) mass is 275 g/mol. The van der Waals surface area contributed by atoms with Crippen LogP contribution in [0.4, 0.5) is 0 Å². The van der Waals surface area contributed by atoms with Crippen LogP contribution in [0.2, 0.25) is 0 Å². The SMILES string of the molecule is CCOC(=O)C1(NCC(C)C)CCc2ccc(C)cc21. The number of fused-ring (bicyclic) bond motifs is 1. The molecule has 0 aromatic heterocycles. The minimum absolute atomic E-state index is 0.134. The van der Waals surface area contributed by atoms with Gasteiger partial charge in [-0.2, -0.15) is 0 Å². The molecule has 0 radical (unpaired) electrons. The minimum atomic E-state index is -0.651. The molecule has 0 heterocycles. The molecule has 0 bridgehead atoms. The van der Waals surface area contributed by atoms with E-state index in [4.69, 9.17) is 4.74 Å². The Morgan fingerprint density at radius 1 is 1.45 bits per heavy atom. The van der Waals surface area contributed by atoms with Gasteiger partial charge in [0.15, 0.2) is 0 Å². The molecule has 1 aliphatic rings. The van der Waals surface area contributed by atoms with E-state index in [-0.39, 0.29) is 5.97 Å². The fourth-order valence-corrected chi connectivity index (χ4v) is 2.86. The molecule has 3 heteroatoms. The Labute approximate surface area is 121 Å². The average Bonchev–Trinajstić information content (AvgIpc) is 2.76. The summed E-state index contributed by atoms with van der Waals surface area (Å²) in [6.45, 7) is 9.46. The lowest BCUT2D eigenvalue weighted by Gasteiger charge is -2.30. The highest BCUT2D eigenvalue weighted by atomic mass is 16.5. The first-order valence-corrected chi connectivity index (χ1v) is 7.52. The normalized spacial score (nSPS) is 21.1. The Kier molecular flexibility index (Phi) is 4.48. The first kappa shape index (κ1) is 15.0. The van der Waals surface area contributed by atoms with Gasteiger partial charge >= 0.3 is 5.97 Å². The summed E-state index contributed by atoms with van der Waals surface area (Å²) in [6, 6.07) is 6.39. The molecule has 1 N–H and O–H groups in total. The summed E-state index contributed by atoms with van der Waals surface area (Å²) in [4.78, 5) is 12.6. The summed E-state index contributed by atoms with van der Waals surface area (Å²) in [5.41, 5.74) is 2.91. The topological polar surface area (TPSA) is 38.3 Å². The van der Waals surface area contributed by atoms with Gasteiger partial charge < -0.3 is 4.74 Å². The number of rotatable bonds is 5. The first-order valence-electron chi connectivity index (χ1n) is 7.52. The van der Waals surface area contributed by atoms with Crippen molar-refractivity contribution in [2.75, 3.05) is 13.2 Å². The van der Waals surface area contributed by atoms with Crippen LogP contribution in [-0.2, 0) is 21.5 Å². The van der Waals surface area contributed by atoms with Crippen LogP contribution in [0, 0.1) is 12.8 Å². The zero-order valence-electron chi connectivity index (χ0n) is 13.0. The van der Waals surface area contributed by atoms with E-state index in [0.717, 1.165) is 24.9 Å². The van der Waals surface area contributed by atoms with E-state index in [0.29, 0.717) is 12.5 Å². The molecule has 0 saturated heterocycles. The molecule has 0 amide bonds. The van der Waals surface area contributed by atoms with Crippen molar-refractivity contribution in [1.29, 1.82) is 0 Å². The third-order valence-electron chi connectivity index (χ3n) is 3.93. The Hall–Kier alpha value is -1.35. The largest absolute Gasteiger partial charge is 0.464 e. The van der Waals surface area contributed by atoms with Crippen molar-refractivity contribution in [2.24, 2.45) is 5.92 Å². The second-order valence-electron chi connectivity index (χ2n) is 6.06. The number of nitrogens with one attached hydrogen (secondary N) is 1. The second kappa shape index (κ2) is 5.96. The summed E-state index contributed by atoms with van der Waals surface area (Å²) in [6.07, 6.45) is 1.72. The molecule has 2 rings (SSSR count). The molecular weight excluding hydrogens is 250 g/mol. The third kappa shape index (κ3) is 2.73. The summed E-state index contributed by atoms with van der Waals surface area (Å²) >= 11 is 0. The molecule has 1 aromatic carbocycles. The summed E-state index contributed by atoms with van der Waals surface area (Å²) in [5.74, 6) is 0.361. The van der Waals surface area contributed by atoms with E-state index >= 15 is 0 Å². The quantitative estimate of drug-likeness (QED) is 0.840. The van der Waals surface area contributed by atoms with Gasteiger partial charge in [-0.15, -0.1) is 0 Å². The van der Waals surface area contributed by atoms with E-state index in [2.05, 4.69) is 44.3 Å². The number of hydrogen-bond acceptors (Lipinski definition) is 3. The molecule has 0 saturated carbocycles. The predicted molar refractivity (Wildman–Crippen MR) is 80.7 cm³/mol. The highest BCUT2D eigenvalue weighted by Crippen LogP contribution is 2.38. The molecule has 1 aliphatic carbocycles. The van der Waals surface area contributed by atoms with Crippen molar-refractivity contribution in [3.05, 3.63) is 34.9 Å². The van der Waals surface area contributed by atoms with Crippen LogP contribution >= 0.6 is 0 Å². The zero-order valence-corrected chi connectivity index (χ0v) is 13.0. The first-order chi connectivity index (χ1) is 9.49. The maximum absolute atomic E-state index is 12.6. The fraction of sp³-hybridized carbons (Fsp3) is 0.588. The van der Waals surface area contributed by atoms with E-state index in [9.17, 15) is 4.79 Å². The summed E-state index contributed by atoms with van der Waals surface area (Å²) in [7, 11) is 0. The molecule has 20 heavy (non-hydrogen) atoms. The highest BCUT2D eigenvalue weighted by molar-refractivity contribution is 5.84. The molecule has 0 aliphatic heterocycles. The van der Waals surface area contributed by atoms with Gasteiger partial charge in [0.1, 0.15) is 5.54 Å². The molecule has 1 aromatic rings. The lowest BCUT2D eigenvalue weighted by molar-refractivity contribution is -0.151. The molecule has 110 valence electrons. The standard InChI is InChI=1S/C17H25NO2/c1-5-20-16(19)17(18-11-12(2)3)9-8-14-7-6-13(4)10-15(14)17/h6-7,10,12,18H,5,8-9,11H2,1-4H3. The number of esters is 1. The van der Waals surface area contributed by atoms with Crippen molar-refractivity contribution in [3.8, 4) is 0 Å². The van der Waals surface area contributed by atoms with Crippen LogP contribution in [0.1, 0.15) is 43.9 Å². The molecule has 1 atom stereocenters. The second-order valence-corrected chi connectivity index (χ2v) is 6.06. The maximum Gasteiger partial charge on any atom is 0.331 e. The maximum atomic E-state index is 12.6. The Morgan fingerprint density at radius 3 is 2.85 bits per heavy atom. The van der Waals surface area contributed by atoms with Crippen LogP contribution < -0.4 is 5.32 Å². The number of benzene rings is 1. The molecule has 0 spiro atoms. The van der Waals surface area contributed by atoms with Gasteiger partial charge in [0.25, 0.3) is 0 Å². The van der Waals surface area contributed by atoms with Crippen LogP contribution in [-0.4, -0.2) is 19.1 Å². The van der Waals surface area contributed by atoms with Gasteiger partial charge in [-0.05, 0) is 50.3 Å². The molecule has 0 fully saturated rings. The van der Waals surface area contributed by atoms with Crippen molar-refractivity contribution in [1.82, 2.24) is 5.32 Å². The number of hydrogen-bond donors (Lipinski definition) is 1. The highest BCUT2D eigenvalue weighted by Gasteiger charge is 2.46. The minimum Gasteiger partial charge on any atom is -0.464 e. The number of aryl methyl sites for hydroxylation is 2. The van der Waals surface area contributed by atoms with Gasteiger partial charge in [0.2, 0.25) is 0 Å². The van der Waals surface area contributed by atoms with E-state index in [1.54, 1.807) is 0 Å². The summed E-state index contributed by atoms with van der Waals surface area (Å²) in [5, 5.41) is 3.49. The van der Waals surface area contributed by atoms with Crippen molar-refractivity contribution < 1.29 is 9.53 Å². The van der Waals surface area contributed by atoms with Gasteiger partial charge in [-0.1, -0.05) is 37.6 Å². The van der Waals surface area contributed by atoms with Crippen molar-refractivity contribution >= 4 is 5.97 Å².